The topological polar surface area (TPSA) is 98.7 Å². The van der Waals surface area contributed by atoms with E-state index in [1.54, 1.807) is 17.0 Å². The van der Waals surface area contributed by atoms with Gasteiger partial charge in [-0.1, -0.05) is 37.1 Å². The van der Waals surface area contributed by atoms with E-state index in [4.69, 9.17) is 16.3 Å². The number of benzene rings is 2. The van der Waals surface area contributed by atoms with Crippen molar-refractivity contribution in [3.8, 4) is 22.8 Å². The number of aromatic hydroxyl groups is 1. The van der Waals surface area contributed by atoms with Crippen LogP contribution in [0.5, 0.6) is 11.5 Å². The molecule has 174 valence electrons. The molecule has 2 aromatic carbocycles. The van der Waals surface area contributed by atoms with E-state index in [2.05, 4.69) is 17.1 Å². The number of phenols is 1. The van der Waals surface area contributed by atoms with E-state index < -0.39 is 6.04 Å². The first kappa shape index (κ1) is 23.1. The molecule has 0 spiro atoms. The molecule has 1 amide bonds. The highest BCUT2D eigenvalue weighted by atomic mass is 35.5. The van der Waals surface area contributed by atoms with Gasteiger partial charge < -0.3 is 19.8 Å². The maximum atomic E-state index is 13.2. The van der Waals surface area contributed by atoms with Crippen LogP contribution in [0.15, 0.2) is 36.4 Å². The molecule has 1 unspecified atom stereocenters. The number of nitrogens with one attached hydrogen (secondary N) is 1. The Bertz CT molecular complexity index is 1140. The molecule has 0 bridgehead atoms. The number of aromatic amines is 1. The lowest BCUT2D eigenvalue weighted by atomic mass is 9.95. The third-order valence-electron chi connectivity index (χ3n) is 5.92. The maximum Gasteiger partial charge on any atom is 0.273 e. The second-order valence-corrected chi connectivity index (χ2v) is 8.64. The van der Waals surface area contributed by atoms with Gasteiger partial charge in [-0.25, -0.2) is 0 Å². The molecule has 0 aliphatic carbocycles. The number of carbonyl (C=O) groups is 1. The molecular weight excluding hydrogens is 442 g/mol. The van der Waals surface area contributed by atoms with Gasteiger partial charge >= 0.3 is 0 Å². The molecule has 7 nitrogen and oxygen atoms in total. The lowest BCUT2D eigenvalue weighted by molar-refractivity contribution is 0.0732. The van der Waals surface area contributed by atoms with Gasteiger partial charge in [0.2, 0.25) is 0 Å². The van der Waals surface area contributed by atoms with E-state index in [0.29, 0.717) is 47.1 Å². The zero-order chi connectivity index (χ0) is 23.5. The number of hydrogen-bond donors (Lipinski definition) is 3. The molecule has 0 fully saturated rings. The summed E-state index contributed by atoms with van der Waals surface area (Å²) in [6.07, 6.45) is 2.50. The van der Waals surface area contributed by atoms with Crippen LogP contribution >= 0.6 is 11.6 Å². The third kappa shape index (κ3) is 4.43. The minimum absolute atomic E-state index is 0.0197. The Morgan fingerprint density at radius 2 is 1.97 bits per heavy atom. The first-order chi connectivity index (χ1) is 16.0. The van der Waals surface area contributed by atoms with Crippen molar-refractivity contribution < 1.29 is 19.7 Å². The SMILES string of the molecule is CCCCOc1ccc(C2c3c(-c4cc(Cl)c(C)cc4O)n[nH]c3C(=O)N2CCCO)cc1. The summed E-state index contributed by atoms with van der Waals surface area (Å²) in [6, 6.07) is 10.5. The van der Waals surface area contributed by atoms with Crippen LogP contribution in [0.2, 0.25) is 5.02 Å². The van der Waals surface area contributed by atoms with Gasteiger partial charge in [0.25, 0.3) is 5.91 Å². The van der Waals surface area contributed by atoms with Crippen LogP contribution < -0.4 is 4.74 Å². The number of fused-ring (bicyclic) bond motifs is 1. The normalized spacial score (nSPS) is 15.2. The Morgan fingerprint density at radius 1 is 1.21 bits per heavy atom. The molecule has 3 aromatic rings. The Balaban J connectivity index is 1.77. The molecule has 2 heterocycles. The van der Waals surface area contributed by atoms with Gasteiger partial charge in [-0.2, -0.15) is 5.10 Å². The lowest BCUT2D eigenvalue weighted by Gasteiger charge is -2.26. The molecule has 4 rings (SSSR count). The summed E-state index contributed by atoms with van der Waals surface area (Å²) in [5.41, 5.74) is 3.66. The molecular formula is C25H28ClN3O4. The van der Waals surface area contributed by atoms with Crippen LogP contribution in [0.3, 0.4) is 0 Å². The first-order valence-corrected chi connectivity index (χ1v) is 11.6. The zero-order valence-corrected chi connectivity index (χ0v) is 19.5. The molecule has 1 aliphatic rings. The van der Waals surface area contributed by atoms with Gasteiger partial charge in [0.15, 0.2) is 0 Å². The van der Waals surface area contributed by atoms with Gasteiger partial charge in [0.05, 0.1) is 12.6 Å². The third-order valence-corrected chi connectivity index (χ3v) is 6.32. The highest BCUT2D eigenvalue weighted by Gasteiger charge is 2.42. The fraction of sp³-hybridized carbons (Fsp3) is 0.360. The van der Waals surface area contributed by atoms with Crippen molar-refractivity contribution in [1.82, 2.24) is 15.1 Å². The molecule has 0 saturated carbocycles. The average molecular weight is 470 g/mol. The summed E-state index contributed by atoms with van der Waals surface area (Å²) >= 11 is 6.33. The van der Waals surface area contributed by atoms with Crippen LogP contribution in [0.1, 0.15) is 59.4 Å². The second-order valence-electron chi connectivity index (χ2n) is 8.23. The van der Waals surface area contributed by atoms with E-state index in [1.807, 2.05) is 31.2 Å². The van der Waals surface area contributed by atoms with Crippen LogP contribution in [0.25, 0.3) is 11.3 Å². The number of amides is 1. The highest BCUT2D eigenvalue weighted by molar-refractivity contribution is 6.31. The Kier molecular flexibility index (Phi) is 6.91. The van der Waals surface area contributed by atoms with Crippen molar-refractivity contribution in [1.29, 1.82) is 0 Å². The number of aromatic nitrogens is 2. The number of aliphatic hydroxyl groups is 1. The molecule has 1 aliphatic heterocycles. The molecule has 33 heavy (non-hydrogen) atoms. The summed E-state index contributed by atoms with van der Waals surface area (Å²) in [6.45, 7) is 4.95. The second kappa shape index (κ2) is 9.85. The van der Waals surface area contributed by atoms with Gasteiger partial charge in [-0.05, 0) is 55.2 Å². The van der Waals surface area contributed by atoms with Crippen molar-refractivity contribution in [3.05, 3.63) is 63.8 Å². The van der Waals surface area contributed by atoms with E-state index in [0.717, 1.165) is 29.7 Å². The van der Waals surface area contributed by atoms with Crippen molar-refractivity contribution in [3.63, 3.8) is 0 Å². The van der Waals surface area contributed by atoms with Crippen molar-refractivity contribution in [2.75, 3.05) is 19.8 Å². The standard InChI is InChI=1S/C25H28ClN3O4/c1-3-4-12-33-17-8-6-16(7-9-17)24-21-22(18-14-19(26)15(2)13-20(18)31)27-28-23(21)25(32)29(24)10-5-11-30/h6-9,13-14,24,30-31H,3-5,10-12H2,1-2H3,(H,27,28). The summed E-state index contributed by atoms with van der Waals surface area (Å²) in [7, 11) is 0. The number of aryl methyl sites for hydroxylation is 1. The number of halogens is 1. The lowest BCUT2D eigenvalue weighted by Crippen LogP contribution is -2.31. The van der Waals surface area contributed by atoms with Gasteiger partial charge in [-0.3, -0.25) is 9.89 Å². The summed E-state index contributed by atoms with van der Waals surface area (Å²) in [5, 5.41) is 27.8. The van der Waals surface area contributed by atoms with E-state index in [-0.39, 0.29) is 18.3 Å². The Hall–Kier alpha value is -3.03. The zero-order valence-electron chi connectivity index (χ0n) is 18.8. The summed E-state index contributed by atoms with van der Waals surface area (Å²) in [5.74, 6) is 0.628. The van der Waals surface area contributed by atoms with Crippen molar-refractivity contribution >= 4 is 17.5 Å². The minimum atomic E-state index is -0.419. The number of H-pyrrole nitrogens is 1. The highest BCUT2D eigenvalue weighted by Crippen LogP contribution is 2.45. The summed E-state index contributed by atoms with van der Waals surface area (Å²) in [4.78, 5) is 15.0. The predicted molar refractivity (Wildman–Crippen MR) is 127 cm³/mol. The summed E-state index contributed by atoms with van der Waals surface area (Å²) < 4.78 is 5.78. The van der Waals surface area contributed by atoms with E-state index in [9.17, 15) is 15.0 Å². The number of phenolic OH excluding ortho intramolecular Hbond substituents is 1. The number of nitrogens with zero attached hydrogens (tertiary/aromatic N) is 2. The maximum absolute atomic E-state index is 13.2. The quantitative estimate of drug-likeness (QED) is 0.389. The van der Waals surface area contributed by atoms with Crippen LogP contribution in [-0.4, -0.2) is 51.0 Å². The Labute approximate surface area is 198 Å². The van der Waals surface area contributed by atoms with Gasteiger partial charge in [0, 0.05) is 29.3 Å². The molecule has 8 heteroatoms. The number of rotatable bonds is 9. The van der Waals surface area contributed by atoms with Gasteiger partial charge in [-0.15, -0.1) is 0 Å². The fourth-order valence-corrected chi connectivity index (χ4v) is 4.32. The number of hydrogen-bond acceptors (Lipinski definition) is 5. The molecule has 0 saturated heterocycles. The molecule has 1 atom stereocenters. The predicted octanol–water partition coefficient (Wildman–Crippen LogP) is 4.85. The van der Waals surface area contributed by atoms with Crippen molar-refractivity contribution in [2.24, 2.45) is 0 Å². The minimum Gasteiger partial charge on any atom is -0.507 e. The fourth-order valence-electron chi connectivity index (χ4n) is 4.16. The van der Waals surface area contributed by atoms with Crippen LogP contribution in [-0.2, 0) is 0 Å². The molecule has 1 aromatic heterocycles. The van der Waals surface area contributed by atoms with Crippen LogP contribution in [0, 0.1) is 6.92 Å². The van der Waals surface area contributed by atoms with E-state index >= 15 is 0 Å². The average Bonchev–Trinajstić information content (AvgIpc) is 3.34. The number of unbranched alkanes of at least 4 members (excludes halogenated alkanes) is 1. The van der Waals surface area contributed by atoms with Gasteiger partial charge in [0.1, 0.15) is 22.9 Å². The van der Waals surface area contributed by atoms with Crippen LogP contribution in [0.4, 0.5) is 0 Å². The smallest absolute Gasteiger partial charge is 0.273 e. The first-order valence-electron chi connectivity index (χ1n) is 11.2. The number of carbonyl (C=O) groups excluding carboxylic acids is 1. The van der Waals surface area contributed by atoms with Crippen molar-refractivity contribution in [2.45, 2.75) is 39.2 Å². The Morgan fingerprint density at radius 3 is 2.67 bits per heavy atom. The number of aliphatic hydroxyl groups excluding tert-OH is 1. The monoisotopic (exact) mass is 469 g/mol. The molecule has 0 radical (unpaired) electrons. The van der Waals surface area contributed by atoms with E-state index in [1.165, 1.54) is 0 Å². The largest absolute Gasteiger partial charge is 0.507 e. The number of ether oxygens (including phenoxy) is 1. The molecule has 3 N–H and O–H groups in total.